The molecule has 0 bridgehead atoms. The number of ether oxygens (including phenoxy) is 1. The number of para-hydroxylation sites is 1. The standard InChI is InChI=1S/C19H31NO/c1-4-18(17-13-9-10-14-19(17)21-3)20-15(2)16-11-7-5-6-8-12-16/h9-10,13-16,18,20H,4-8,11-12H2,1-3H3/t15-,18?/m0/s1. The first-order chi connectivity index (χ1) is 10.3. The lowest BCUT2D eigenvalue weighted by Crippen LogP contribution is -2.36. The van der Waals surface area contributed by atoms with E-state index in [1.54, 1.807) is 7.11 Å². The molecule has 2 rings (SSSR count). The molecule has 0 heterocycles. The molecule has 1 aliphatic carbocycles. The minimum absolute atomic E-state index is 0.388. The Morgan fingerprint density at radius 3 is 2.43 bits per heavy atom. The third-order valence-electron chi connectivity index (χ3n) is 4.99. The molecule has 118 valence electrons. The molecule has 0 saturated heterocycles. The van der Waals surface area contributed by atoms with Crippen LogP contribution in [0.1, 0.15) is 70.4 Å². The molecule has 0 spiro atoms. The summed E-state index contributed by atoms with van der Waals surface area (Å²) >= 11 is 0. The Labute approximate surface area is 130 Å². The Balaban J connectivity index is 2.03. The van der Waals surface area contributed by atoms with Gasteiger partial charge in [-0.1, -0.05) is 50.8 Å². The Kier molecular flexibility index (Phi) is 6.56. The maximum Gasteiger partial charge on any atom is 0.123 e. The second kappa shape index (κ2) is 8.43. The molecule has 0 radical (unpaired) electrons. The minimum atomic E-state index is 0.388. The number of benzene rings is 1. The van der Waals surface area contributed by atoms with Crippen LogP contribution in [-0.4, -0.2) is 13.2 Å². The third kappa shape index (κ3) is 4.47. The summed E-state index contributed by atoms with van der Waals surface area (Å²) in [5, 5.41) is 3.88. The Morgan fingerprint density at radius 1 is 1.14 bits per heavy atom. The van der Waals surface area contributed by atoms with Crippen LogP contribution in [0.15, 0.2) is 24.3 Å². The first-order valence-electron chi connectivity index (χ1n) is 8.65. The highest BCUT2D eigenvalue weighted by molar-refractivity contribution is 5.35. The van der Waals surface area contributed by atoms with Crippen LogP contribution in [0.25, 0.3) is 0 Å². The van der Waals surface area contributed by atoms with Crippen molar-refractivity contribution in [2.45, 2.75) is 70.9 Å². The summed E-state index contributed by atoms with van der Waals surface area (Å²) in [5.74, 6) is 1.83. The largest absolute Gasteiger partial charge is 0.496 e. The van der Waals surface area contributed by atoms with Crippen LogP contribution in [0.4, 0.5) is 0 Å². The van der Waals surface area contributed by atoms with Gasteiger partial charge >= 0.3 is 0 Å². The zero-order valence-electron chi connectivity index (χ0n) is 13.9. The molecule has 2 atom stereocenters. The van der Waals surface area contributed by atoms with Crippen LogP contribution in [0.2, 0.25) is 0 Å². The minimum Gasteiger partial charge on any atom is -0.496 e. The van der Waals surface area contributed by atoms with Gasteiger partial charge in [0.15, 0.2) is 0 Å². The lowest BCUT2D eigenvalue weighted by atomic mass is 9.91. The Hall–Kier alpha value is -1.02. The van der Waals surface area contributed by atoms with E-state index in [4.69, 9.17) is 4.74 Å². The zero-order chi connectivity index (χ0) is 15.1. The van der Waals surface area contributed by atoms with Crippen molar-refractivity contribution >= 4 is 0 Å². The highest BCUT2D eigenvalue weighted by Gasteiger charge is 2.22. The fraction of sp³-hybridized carbons (Fsp3) is 0.684. The smallest absolute Gasteiger partial charge is 0.123 e. The Morgan fingerprint density at radius 2 is 1.81 bits per heavy atom. The van der Waals surface area contributed by atoms with Crippen LogP contribution >= 0.6 is 0 Å². The predicted octanol–water partition coefficient (Wildman–Crippen LogP) is 5.09. The van der Waals surface area contributed by atoms with Gasteiger partial charge in [0.2, 0.25) is 0 Å². The van der Waals surface area contributed by atoms with Crippen molar-refractivity contribution in [1.29, 1.82) is 0 Å². The van der Waals surface area contributed by atoms with Gasteiger partial charge < -0.3 is 10.1 Å². The van der Waals surface area contributed by atoms with Crippen LogP contribution in [-0.2, 0) is 0 Å². The molecule has 1 fully saturated rings. The van der Waals surface area contributed by atoms with E-state index in [0.717, 1.165) is 18.1 Å². The molecule has 0 aromatic heterocycles. The molecular weight excluding hydrogens is 258 g/mol. The molecule has 1 saturated carbocycles. The molecule has 0 aliphatic heterocycles. The lowest BCUT2D eigenvalue weighted by molar-refractivity contribution is 0.302. The van der Waals surface area contributed by atoms with Gasteiger partial charge in [0.25, 0.3) is 0 Å². The number of nitrogens with one attached hydrogen (secondary N) is 1. The van der Waals surface area contributed by atoms with Crippen molar-refractivity contribution in [2.24, 2.45) is 5.92 Å². The Bertz CT molecular complexity index is 410. The molecule has 1 N–H and O–H groups in total. The van der Waals surface area contributed by atoms with E-state index in [1.165, 1.54) is 44.1 Å². The summed E-state index contributed by atoms with van der Waals surface area (Å²) in [6.07, 6.45) is 9.52. The maximum atomic E-state index is 5.54. The van der Waals surface area contributed by atoms with E-state index in [0.29, 0.717) is 12.1 Å². The molecule has 2 nitrogen and oxygen atoms in total. The van der Waals surface area contributed by atoms with Crippen molar-refractivity contribution in [1.82, 2.24) is 5.32 Å². The molecule has 1 unspecified atom stereocenters. The monoisotopic (exact) mass is 289 g/mol. The van der Waals surface area contributed by atoms with Crippen molar-refractivity contribution in [3.8, 4) is 5.75 Å². The van der Waals surface area contributed by atoms with Gasteiger partial charge in [0.05, 0.1) is 7.11 Å². The van der Waals surface area contributed by atoms with E-state index in [9.17, 15) is 0 Å². The summed E-state index contributed by atoms with van der Waals surface area (Å²) in [6.45, 7) is 4.62. The van der Waals surface area contributed by atoms with Gasteiger partial charge in [0, 0.05) is 17.6 Å². The predicted molar refractivity (Wildman–Crippen MR) is 89.8 cm³/mol. The quantitative estimate of drug-likeness (QED) is 0.736. The third-order valence-corrected chi connectivity index (χ3v) is 4.99. The highest BCUT2D eigenvalue weighted by Crippen LogP contribution is 2.30. The molecule has 1 aromatic carbocycles. The van der Waals surface area contributed by atoms with E-state index >= 15 is 0 Å². The molecule has 0 amide bonds. The molecule has 2 heteroatoms. The summed E-state index contributed by atoms with van der Waals surface area (Å²) in [4.78, 5) is 0. The molecule has 1 aliphatic rings. The summed E-state index contributed by atoms with van der Waals surface area (Å²) in [6, 6.07) is 9.38. The van der Waals surface area contributed by atoms with Crippen molar-refractivity contribution in [3.63, 3.8) is 0 Å². The second-order valence-corrected chi connectivity index (χ2v) is 6.41. The first-order valence-corrected chi connectivity index (χ1v) is 8.65. The van der Waals surface area contributed by atoms with Gasteiger partial charge in [-0.05, 0) is 38.2 Å². The van der Waals surface area contributed by atoms with Crippen molar-refractivity contribution < 1.29 is 4.74 Å². The van der Waals surface area contributed by atoms with Crippen LogP contribution in [0, 0.1) is 5.92 Å². The fourth-order valence-electron chi connectivity index (χ4n) is 3.65. The fourth-order valence-corrected chi connectivity index (χ4v) is 3.65. The van der Waals surface area contributed by atoms with E-state index in [-0.39, 0.29) is 0 Å². The van der Waals surface area contributed by atoms with Gasteiger partial charge in [-0.2, -0.15) is 0 Å². The van der Waals surface area contributed by atoms with Crippen LogP contribution in [0.3, 0.4) is 0 Å². The lowest BCUT2D eigenvalue weighted by Gasteiger charge is -2.29. The maximum absolute atomic E-state index is 5.54. The number of hydrogen-bond acceptors (Lipinski definition) is 2. The van der Waals surface area contributed by atoms with Crippen molar-refractivity contribution in [3.05, 3.63) is 29.8 Å². The van der Waals surface area contributed by atoms with Crippen molar-refractivity contribution in [2.75, 3.05) is 7.11 Å². The summed E-state index contributed by atoms with van der Waals surface area (Å²) < 4.78 is 5.54. The summed E-state index contributed by atoms with van der Waals surface area (Å²) in [5.41, 5.74) is 1.29. The molecule has 21 heavy (non-hydrogen) atoms. The molecular formula is C19H31NO. The second-order valence-electron chi connectivity index (χ2n) is 6.41. The van der Waals surface area contributed by atoms with E-state index < -0.39 is 0 Å². The first kappa shape index (κ1) is 16.4. The zero-order valence-corrected chi connectivity index (χ0v) is 13.9. The van der Waals surface area contributed by atoms with E-state index in [1.807, 2.05) is 6.07 Å². The number of rotatable bonds is 6. The highest BCUT2D eigenvalue weighted by atomic mass is 16.5. The number of methoxy groups -OCH3 is 1. The normalized spacial score (nSPS) is 19.8. The van der Waals surface area contributed by atoms with Gasteiger partial charge in [-0.3, -0.25) is 0 Å². The average molecular weight is 289 g/mol. The van der Waals surface area contributed by atoms with Crippen LogP contribution in [0.5, 0.6) is 5.75 Å². The number of hydrogen-bond donors (Lipinski definition) is 1. The SMILES string of the molecule is CCC(N[C@@H](C)C1CCCCCC1)c1ccccc1OC. The molecule has 1 aromatic rings. The van der Waals surface area contributed by atoms with Gasteiger partial charge in [-0.15, -0.1) is 0 Å². The summed E-state index contributed by atoms with van der Waals surface area (Å²) in [7, 11) is 1.76. The van der Waals surface area contributed by atoms with E-state index in [2.05, 4.69) is 37.4 Å². The van der Waals surface area contributed by atoms with Gasteiger partial charge in [0.1, 0.15) is 5.75 Å². The topological polar surface area (TPSA) is 21.3 Å². The average Bonchev–Trinajstić information content (AvgIpc) is 2.81. The van der Waals surface area contributed by atoms with Gasteiger partial charge in [-0.25, -0.2) is 0 Å². The van der Waals surface area contributed by atoms with Crippen LogP contribution < -0.4 is 10.1 Å².